The van der Waals surface area contributed by atoms with Gasteiger partial charge in [0.1, 0.15) is 17.0 Å². The fourth-order valence-electron chi connectivity index (χ4n) is 10.5. The molecule has 0 amide bonds. The number of nitrogens with zero attached hydrogens (tertiary/aromatic N) is 3. The van der Waals surface area contributed by atoms with Crippen LogP contribution in [-0.2, 0) is 5.41 Å². The second kappa shape index (κ2) is 13.4. The van der Waals surface area contributed by atoms with Gasteiger partial charge in [-0.3, -0.25) is 4.90 Å². The number of furan rings is 1. The predicted octanol–water partition coefficient (Wildman–Crippen LogP) is 15.4. The van der Waals surface area contributed by atoms with E-state index in [9.17, 15) is 0 Å². The van der Waals surface area contributed by atoms with E-state index in [4.69, 9.17) is 9.40 Å². The lowest BCUT2D eigenvalue weighted by molar-refractivity contribution is 0.666. The Morgan fingerprint density at radius 3 is 1.66 bits per heavy atom. The summed E-state index contributed by atoms with van der Waals surface area (Å²) in [5.74, 6) is 0.848. The van der Waals surface area contributed by atoms with Gasteiger partial charge in [0.15, 0.2) is 0 Å². The molecule has 0 N–H and O–H groups in total. The molecule has 0 saturated heterocycles. The third-order valence-electron chi connectivity index (χ3n) is 13.0. The van der Waals surface area contributed by atoms with Crippen LogP contribution in [0.1, 0.15) is 22.4 Å². The lowest BCUT2D eigenvalue weighted by Gasteiger charge is -2.40. The Morgan fingerprint density at radius 2 is 0.984 bits per heavy atom. The van der Waals surface area contributed by atoms with Crippen molar-refractivity contribution in [3.05, 3.63) is 247 Å². The van der Waals surface area contributed by atoms with E-state index in [-0.39, 0.29) is 0 Å². The third-order valence-corrected chi connectivity index (χ3v) is 13.0. The third kappa shape index (κ3) is 4.86. The molecule has 290 valence electrons. The zero-order valence-electron chi connectivity index (χ0n) is 33.6. The van der Waals surface area contributed by atoms with Crippen LogP contribution in [0.15, 0.2) is 229 Å². The Hall–Kier alpha value is -8.21. The Bertz CT molecular complexity index is 3310. The molecule has 0 fully saturated rings. The van der Waals surface area contributed by atoms with Crippen molar-refractivity contribution in [3.8, 4) is 22.3 Å². The summed E-state index contributed by atoms with van der Waals surface area (Å²) in [6.45, 7) is 0. The largest absolute Gasteiger partial charge is 0.455 e. The smallest absolute Gasteiger partial charge is 0.143 e. The number of anilines is 6. The van der Waals surface area contributed by atoms with Crippen LogP contribution < -0.4 is 9.80 Å². The minimum Gasteiger partial charge on any atom is -0.455 e. The summed E-state index contributed by atoms with van der Waals surface area (Å²) in [6.07, 6.45) is 0. The molecule has 62 heavy (non-hydrogen) atoms. The Kier molecular flexibility index (Phi) is 7.49. The summed E-state index contributed by atoms with van der Waals surface area (Å²) in [5, 5.41) is 4.63. The van der Waals surface area contributed by atoms with Crippen molar-refractivity contribution in [2.75, 3.05) is 9.80 Å². The Morgan fingerprint density at radius 1 is 0.387 bits per heavy atom. The summed E-state index contributed by atoms with van der Waals surface area (Å²) < 4.78 is 6.99. The summed E-state index contributed by atoms with van der Waals surface area (Å²) in [6, 6.07) is 80.6. The maximum Gasteiger partial charge on any atom is 0.143 e. The maximum absolute atomic E-state index is 6.99. The van der Waals surface area contributed by atoms with Crippen LogP contribution in [0.2, 0.25) is 0 Å². The van der Waals surface area contributed by atoms with Gasteiger partial charge in [-0.2, -0.15) is 0 Å². The van der Waals surface area contributed by atoms with E-state index in [0.717, 1.165) is 78.6 Å². The van der Waals surface area contributed by atoms with Gasteiger partial charge in [-0.25, -0.2) is 4.98 Å². The number of aromatic nitrogens is 1. The zero-order valence-corrected chi connectivity index (χ0v) is 33.6. The van der Waals surface area contributed by atoms with E-state index < -0.39 is 5.41 Å². The highest BCUT2D eigenvalue weighted by molar-refractivity contribution is 6.16. The summed E-state index contributed by atoms with van der Waals surface area (Å²) >= 11 is 0. The highest BCUT2D eigenvalue weighted by atomic mass is 16.3. The highest BCUT2D eigenvalue weighted by Gasteiger charge is 2.52. The summed E-state index contributed by atoms with van der Waals surface area (Å²) in [7, 11) is 0. The van der Waals surface area contributed by atoms with Gasteiger partial charge < -0.3 is 9.32 Å². The molecule has 2 aliphatic rings. The van der Waals surface area contributed by atoms with Crippen LogP contribution in [0.25, 0.3) is 55.0 Å². The molecule has 0 aliphatic heterocycles. The minimum absolute atomic E-state index is 0.828. The fraction of sp³-hybridized carbons (Fsp3) is 0.0172. The molecule has 1 atom stereocenters. The second-order valence-corrected chi connectivity index (χ2v) is 16.2. The van der Waals surface area contributed by atoms with Crippen molar-refractivity contribution in [2.45, 2.75) is 5.41 Å². The van der Waals surface area contributed by atoms with Crippen molar-refractivity contribution in [1.82, 2.24) is 4.98 Å². The molecule has 0 saturated carbocycles. The number of para-hydroxylation sites is 5. The van der Waals surface area contributed by atoms with E-state index in [1.165, 1.54) is 33.0 Å². The summed E-state index contributed by atoms with van der Waals surface area (Å²) in [5.41, 5.74) is 15.4. The standard InChI is InChI=1S/C58H37N3O/c1-5-19-39(20-6-1)60(40-21-7-2-8-22-40)43-31-32-44-47-34-36-53(61(41-23-9-3-10-24-41)42-25-11-4-12-26-42)59-57(47)58(51(44)37-43)49-29-16-18-38-17-15-28-48(54(38)49)55-50(58)35-33-46-45-27-13-14-30-52(45)62-56(46)55/h1-37H. The molecule has 1 spiro atoms. The number of fused-ring (bicyclic) bond motifs is 13. The number of pyridine rings is 1. The number of hydrogen-bond acceptors (Lipinski definition) is 4. The first kappa shape index (κ1) is 34.6. The molecule has 2 heterocycles. The lowest BCUT2D eigenvalue weighted by Crippen LogP contribution is -2.33. The molecule has 9 aromatic carbocycles. The topological polar surface area (TPSA) is 32.5 Å². The van der Waals surface area contributed by atoms with E-state index in [2.05, 4.69) is 234 Å². The number of benzene rings is 9. The van der Waals surface area contributed by atoms with Gasteiger partial charge in [0, 0.05) is 50.3 Å². The van der Waals surface area contributed by atoms with E-state index in [0.29, 0.717) is 0 Å². The first-order valence-corrected chi connectivity index (χ1v) is 21.2. The van der Waals surface area contributed by atoms with Crippen LogP contribution >= 0.6 is 0 Å². The SMILES string of the molecule is c1ccc(N(c2ccccc2)c2ccc3c(c2)C2(c4ccc5c(oc6ccccc65)c4-c4cccc5cccc2c45)c2nc(N(c4ccccc4)c4ccccc4)ccc2-3)cc1. The molecule has 0 radical (unpaired) electrons. The molecule has 2 aliphatic carbocycles. The molecule has 0 bridgehead atoms. The van der Waals surface area contributed by atoms with Crippen molar-refractivity contribution in [1.29, 1.82) is 0 Å². The molecule has 11 aromatic rings. The van der Waals surface area contributed by atoms with Crippen LogP contribution in [0, 0.1) is 0 Å². The number of hydrogen-bond donors (Lipinski definition) is 0. The van der Waals surface area contributed by atoms with E-state index >= 15 is 0 Å². The van der Waals surface area contributed by atoms with Gasteiger partial charge in [0.2, 0.25) is 0 Å². The average molecular weight is 792 g/mol. The molecular formula is C58H37N3O. The van der Waals surface area contributed by atoms with Crippen molar-refractivity contribution >= 4 is 67.0 Å². The highest BCUT2D eigenvalue weighted by Crippen LogP contribution is 2.63. The lowest BCUT2D eigenvalue weighted by atomic mass is 9.62. The van der Waals surface area contributed by atoms with Crippen LogP contribution in [0.3, 0.4) is 0 Å². The van der Waals surface area contributed by atoms with Crippen LogP contribution in [0.4, 0.5) is 34.3 Å². The Balaban J connectivity index is 1.18. The monoisotopic (exact) mass is 791 g/mol. The van der Waals surface area contributed by atoms with Gasteiger partial charge in [-0.1, -0.05) is 146 Å². The molecule has 1 unspecified atom stereocenters. The van der Waals surface area contributed by atoms with E-state index in [1.54, 1.807) is 0 Å². The molecule has 4 heteroatoms. The van der Waals surface area contributed by atoms with Crippen LogP contribution in [-0.4, -0.2) is 4.98 Å². The van der Waals surface area contributed by atoms with Crippen LogP contribution in [0.5, 0.6) is 0 Å². The summed E-state index contributed by atoms with van der Waals surface area (Å²) in [4.78, 5) is 10.6. The maximum atomic E-state index is 6.99. The fourth-order valence-corrected chi connectivity index (χ4v) is 10.5. The first-order chi connectivity index (χ1) is 30.8. The zero-order chi connectivity index (χ0) is 40.8. The Labute approximate surface area is 359 Å². The predicted molar refractivity (Wildman–Crippen MR) is 255 cm³/mol. The van der Waals surface area contributed by atoms with Crippen molar-refractivity contribution < 1.29 is 4.42 Å². The average Bonchev–Trinajstić information content (AvgIpc) is 3.85. The molecule has 2 aromatic heterocycles. The van der Waals surface area contributed by atoms with Crippen molar-refractivity contribution in [3.63, 3.8) is 0 Å². The van der Waals surface area contributed by atoms with Gasteiger partial charge in [-0.05, 0) is 117 Å². The van der Waals surface area contributed by atoms with Gasteiger partial charge in [0.05, 0.1) is 11.1 Å². The molecule has 4 nitrogen and oxygen atoms in total. The van der Waals surface area contributed by atoms with Gasteiger partial charge in [0.25, 0.3) is 0 Å². The molecule has 13 rings (SSSR count). The second-order valence-electron chi connectivity index (χ2n) is 16.2. The first-order valence-electron chi connectivity index (χ1n) is 21.2. The van der Waals surface area contributed by atoms with Crippen molar-refractivity contribution in [2.24, 2.45) is 0 Å². The minimum atomic E-state index is -0.828. The molecular weight excluding hydrogens is 755 g/mol. The van der Waals surface area contributed by atoms with Gasteiger partial charge in [-0.15, -0.1) is 0 Å². The number of rotatable bonds is 6. The normalized spacial score (nSPS) is 14.5. The van der Waals surface area contributed by atoms with E-state index in [1.807, 2.05) is 0 Å². The van der Waals surface area contributed by atoms with Gasteiger partial charge >= 0.3 is 0 Å². The quantitative estimate of drug-likeness (QED) is 0.168.